The summed E-state index contributed by atoms with van der Waals surface area (Å²) in [6.07, 6.45) is 2.55. The molecule has 0 aliphatic carbocycles. The van der Waals surface area contributed by atoms with Crippen molar-refractivity contribution in [2.24, 2.45) is 0 Å². The Labute approximate surface area is 238 Å². The van der Waals surface area contributed by atoms with E-state index in [9.17, 15) is 14.4 Å². The van der Waals surface area contributed by atoms with Crippen molar-refractivity contribution in [2.45, 2.75) is 39.2 Å². The van der Waals surface area contributed by atoms with E-state index in [4.69, 9.17) is 20.0 Å². The van der Waals surface area contributed by atoms with Crippen LogP contribution >= 0.6 is 17.0 Å². The van der Waals surface area contributed by atoms with Crippen LogP contribution in [0, 0.1) is 5.41 Å². The molecule has 1 fully saturated rings. The molecule has 4 rings (SSSR count). The number of fused-ring (bicyclic) bond motifs is 1. The van der Waals surface area contributed by atoms with Crippen LogP contribution in [0.25, 0.3) is 0 Å². The summed E-state index contributed by atoms with van der Waals surface area (Å²) in [6.45, 7) is 4.64. The molecule has 3 N–H and O–H groups in total. The maximum atomic E-state index is 13.4. The fourth-order valence-electron chi connectivity index (χ4n) is 4.81. The molecular weight excluding hydrogens is 568 g/mol. The third-order valence-electron chi connectivity index (χ3n) is 6.73. The second-order valence-corrected chi connectivity index (χ2v) is 9.40. The Morgan fingerprint density at radius 1 is 1.08 bits per heavy atom. The van der Waals surface area contributed by atoms with Gasteiger partial charge in [-0.05, 0) is 56.0 Å². The van der Waals surface area contributed by atoms with E-state index in [1.54, 1.807) is 30.1 Å². The SMILES string of the molecule is Br.CCOc1cc2c(cc1C(=O)NC)C(=N)N(CC(=O)c1cc(OCCCC(=O)O)cc(N3CCCC3)c1)C2. The monoisotopic (exact) mass is 602 g/mol. The highest BCUT2D eigenvalue weighted by Gasteiger charge is 2.29. The molecule has 0 spiro atoms. The number of ketones is 1. The largest absolute Gasteiger partial charge is 0.493 e. The maximum Gasteiger partial charge on any atom is 0.303 e. The highest BCUT2D eigenvalue weighted by atomic mass is 79.9. The zero-order chi connectivity index (χ0) is 27.2. The summed E-state index contributed by atoms with van der Waals surface area (Å²) in [6, 6.07) is 8.88. The summed E-state index contributed by atoms with van der Waals surface area (Å²) in [7, 11) is 1.54. The first-order valence-electron chi connectivity index (χ1n) is 12.9. The smallest absolute Gasteiger partial charge is 0.303 e. The van der Waals surface area contributed by atoms with Crippen molar-refractivity contribution in [1.29, 1.82) is 5.41 Å². The Kier molecular flexibility index (Phi) is 10.3. The highest BCUT2D eigenvalue weighted by Crippen LogP contribution is 2.32. The third kappa shape index (κ3) is 7.08. The molecule has 2 aliphatic rings. The molecule has 210 valence electrons. The number of ether oxygens (including phenoxy) is 2. The van der Waals surface area contributed by atoms with Gasteiger partial charge >= 0.3 is 5.97 Å². The summed E-state index contributed by atoms with van der Waals surface area (Å²) >= 11 is 0. The number of carboxylic acids is 1. The van der Waals surface area contributed by atoms with Gasteiger partial charge in [-0.3, -0.25) is 19.8 Å². The van der Waals surface area contributed by atoms with Gasteiger partial charge in [-0.25, -0.2) is 0 Å². The Bertz CT molecular complexity index is 1240. The van der Waals surface area contributed by atoms with E-state index >= 15 is 0 Å². The average molecular weight is 604 g/mol. The molecule has 1 saturated heterocycles. The quantitative estimate of drug-likeness (QED) is 0.246. The van der Waals surface area contributed by atoms with E-state index in [0.717, 1.165) is 37.2 Å². The van der Waals surface area contributed by atoms with Crippen LogP contribution < -0.4 is 19.7 Å². The van der Waals surface area contributed by atoms with E-state index in [-0.39, 0.29) is 54.1 Å². The van der Waals surface area contributed by atoms with Gasteiger partial charge in [-0.2, -0.15) is 0 Å². The minimum absolute atomic E-state index is 0. The van der Waals surface area contributed by atoms with Crippen LogP contribution in [-0.4, -0.2) is 73.4 Å². The van der Waals surface area contributed by atoms with Crippen molar-refractivity contribution in [1.82, 2.24) is 10.2 Å². The number of amides is 1. The number of rotatable bonds is 12. The van der Waals surface area contributed by atoms with Crippen LogP contribution in [0.2, 0.25) is 0 Å². The number of hydrogen-bond acceptors (Lipinski definition) is 7. The van der Waals surface area contributed by atoms with Crippen LogP contribution in [-0.2, 0) is 11.3 Å². The van der Waals surface area contributed by atoms with Crippen molar-refractivity contribution < 1.29 is 29.0 Å². The number of carbonyl (C=O) groups is 3. The summed E-state index contributed by atoms with van der Waals surface area (Å²) in [4.78, 5) is 40.6. The van der Waals surface area contributed by atoms with Crippen LogP contribution in [0.1, 0.15) is 64.4 Å². The molecule has 10 nitrogen and oxygen atoms in total. The van der Waals surface area contributed by atoms with Crippen molar-refractivity contribution in [3.05, 3.63) is 52.6 Å². The number of amidine groups is 1. The number of aliphatic carboxylic acids is 1. The van der Waals surface area contributed by atoms with Crippen LogP contribution in [0.15, 0.2) is 30.3 Å². The number of carbonyl (C=O) groups excluding carboxylic acids is 2. The molecule has 11 heteroatoms. The molecule has 39 heavy (non-hydrogen) atoms. The van der Waals surface area contributed by atoms with Gasteiger partial charge in [0.2, 0.25) is 0 Å². The van der Waals surface area contributed by atoms with Gasteiger partial charge in [0, 0.05) is 56.0 Å². The number of benzene rings is 2. The lowest BCUT2D eigenvalue weighted by Crippen LogP contribution is -2.30. The van der Waals surface area contributed by atoms with E-state index in [1.807, 2.05) is 19.1 Å². The summed E-state index contributed by atoms with van der Waals surface area (Å²) in [5.41, 5.74) is 3.17. The van der Waals surface area contributed by atoms with Gasteiger partial charge < -0.3 is 29.7 Å². The van der Waals surface area contributed by atoms with E-state index < -0.39 is 5.97 Å². The number of anilines is 1. The van der Waals surface area contributed by atoms with Crippen molar-refractivity contribution in [2.75, 3.05) is 44.8 Å². The number of hydrogen-bond donors (Lipinski definition) is 3. The Balaban J connectivity index is 0.00000420. The normalized spacial score (nSPS) is 14.1. The number of Topliss-reactive ketones (excluding diaryl/α,β-unsaturated/α-hetero) is 1. The second-order valence-electron chi connectivity index (χ2n) is 9.40. The number of nitrogens with zero attached hydrogens (tertiary/aromatic N) is 2. The zero-order valence-corrected chi connectivity index (χ0v) is 24.0. The molecule has 0 atom stereocenters. The zero-order valence-electron chi connectivity index (χ0n) is 22.2. The minimum atomic E-state index is -0.875. The first kappa shape index (κ1) is 29.9. The van der Waals surface area contributed by atoms with Gasteiger partial charge in [-0.1, -0.05) is 0 Å². The standard InChI is InChI=1S/C28H34N4O6.BrH/c1-3-37-25-13-19-16-32(27(29)22(19)15-23(25)28(36)30-2)17-24(33)18-11-20(31-8-4-5-9-31)14-21(12-18)38-10-6-7-26(34)35;/h11-15,29H,3-10,16-17H2,1-2H3,(H,30,36)(H,34,35);1H. The van der Waals surface area contributed by atoms with Crippen molar-refractivity contribution in [3.63, 3.8) is 0 Å². The van der Waals surface area contributed by atoms with Crippen molar-refractivity contribution in [3.8, 4) is 11.5 Å². The molecule has 0 bridgehead atoms. The molecule has 0 aromatic heterocycles. The second kappa shape index (κ2) is 13.5. The maximum absolute atomic E-state index is 13.4. The molecule has 0 radical (unpaired) electrons. The minimum Gasteiger partial charge on any atom is -0.493 e. The van der Waals surface area contributed by atoms with Gasteiger partial charge in [0.05, 0.1) is 25.3 Å². The highest BCUT2D eigenvalue weighted by molar-refractivity contribution is 8.93. The fraction of sp³-hybridized carbons (Fsp3) is 0.429. The number of nitrogens with one attached hydrogen (secondary N) is 2. The first-order chi connectivity index (χ1) is 18.3. The topological polar surface area (TPSA) is 132 Å². The van der Waals surface area contributed by atoms with Crippen LogP contribution in [0.5, 0.6) is 11.5 Å². The molecule has 0 saturated carbocycles. The average Bonchev–Trinajstić information content (AvgIpc) is 3.54. The molecule has 2 heterocycles. The molecule has 2 aliphatic heterocycles. The summed E-state index contributed by atoms with van der Waals surface area (Å²) in [5, 5.41) is 20.2. The lowest BCUT2D eigenvalue weighted by molar-refractivity contribution is -0.137. The van der Waals surface area contributed by atoms with E-state index in [2.05, 4.69) is 10.2 Å². The Morgan fingerprint density at radius 3 is 2.49 bits per heavy atom. The van der Waals surface area contributed by atoms with Crippen molar-refractivity contribution >= 4 is 46.2 Å². The number of carboxylic acid groups (broad SMARTS) is 1. The van der Waals surface area contributed by atoms with E-state index in [0.29, 0.717) is 47.8 Å². The van der Waals surface area contributed by atoms with Crippen LogP contribution in [0.4, 0.5) is 5.69 Å². The summed E-state index contributed by atoms with van der Waals surface area (Å²) in [5.74, 6) is -0.166. The van der Waals surface area contributed by atoms with Gasteiger partial charge in [-0.15, -0.1) is 17.0 Å². The van der Waals surface area contributed by atoms with E-state index in [1.165, 1.54) is 0 Å². The first-order valence-corrected chi connectivity index (χ1v) is 12.9. The molecular formula is C28H35BrN4O6. The Morgan fingerprint density at radius 2 is 1.82 bits per heavy atom. The molecule has 2 aromatic carbocycles. The predicted molar refractivity (Wildman–Crippen MR) is 153 cm³/mol. The van der Waals surface area contributed by atoms with Gasteiger partial charge in [0.1, 0.15) is 17.3 Å². The lowest BCUT2D eigenvalue weighted by atomic mass is 10.0. The molecule has 0 unspecified atom stereocenters. The summed E-state index contributed by atoms with van der Waals surface area (Å²) < 4.78 is 11.5. The lowest BCUT2D eigenvalue weighted by Gasteiger charge is -2.21. The third-order valence-corrected chi connectivity index (χ3v) is 6.73. The number of halogens is 1. The van der Waals surface area contributed by atoms with Gasteiger partial charge in [0.15, 0.2) is 5.78 Å². The Hall–Kier alpha value is -3.60. The molecule has 2 aromatic rings. The fourth-order valence-corrected chi connectivity index (χ4v) is 4.81. The van der Waals surface area contributed by atoms with Crippen LogP contribution in [0.3, 0.4) is 0 Å². The molecule has 1 amide bonds. The van der Waals surface area contributed by atoms with Gasteiger partial charge in [0.25, 0.3) is 5.91 Å². The predicted octanol–water partition coefficient (Wildman–Crippen LogP) is 3.89.